The first-order valence-electron chi connectivity index (χ1n) is 7.13. The molecule has 4 aromatic rings. The molecular weight excluding hydrogens is 272 g/mol. The third-order valence-electron chi connectivity index (χ3n) is 3.63. The van der Waals surface area contributed by atoms with E-state index in [9.17, 15) is 0 Å². The number of hydrogen-bond acceptors (Lipinski definition) is 3. The summed E-state index contributed by atoms with van der Waals surface area (Å²) >= 11 is 0. The minimum atomic E-state index is 0.871. The number of nitrogens with zero attached hydrogens (tertiary/aromatic N) is 4. The molecule has 4 rings (SSSR count). The zero-order valence-corrected chi connectivity index (χ0v) is 12.1. The number of aryl methyl sites for hydroxylation is 1. The summed E-state index contributed by atoms with van der Waals surface area (Å²) in [6.07, 6.45) is 7.49. The van der Waals surface area contributed by atoms with Crippen molar-refractivity contribution in [1.29, 1.82) is 0 Å². The van der Waals surface area contributed by atoms with Crippen molar-refractivity contribution in [3.8, 4) is 22.6 Å². The highest BCUT2D eigenvalue weighted by Gasteiger charge is 2.16. The molecule has 0 aliphatic heterocycles. The predicted molar refractivity (Wildman–Crippen MR) is 86.4 cm³/mol. The lowest BCUT2D eigenvalue weighted by molar-refractivity contribution is 1.16. The molecule has 22 heavy (non-hydrogen) atoms. The molecule has 0 radical (unpaired) electrons. The van der Waals surface area contributed by atoms with Gasteiger partial charge in [-0.2, -0.15) is 0 Å². The Labute approximate surface area is 128 Å². The van der Waals surface area contributed by atoms with Gasteiger partial charge in [-0.05, 0) is 42.8 Å². The van der Waals surface area contributed by atoms with Crippen molar-refractivity contribution in [2.45, 2.75) is 6.92 Å². The molecule has 0 saturated heterocycles. The number of rotatable bonds is 2. The molecule has 0 aliphatic rings. The summed E-state index contributed by atoms with van der Waals surface area (Å²) in [5.41, 5.74) is 5.98. The van der Waals surface area contributed by atoms with Gasteiger partial charge in [0.15, 0.2) is 0 Å². The van der Waals surface area contributed by atoms with Crippen molar-refractivity contribution >= 4 is 5.65 Å². The predicted octanol–water partition coefficient (Wildman–Crippen LogP) is 3.77. The van der Waals surface area contributed by atoms with Crippen LogP contribution in [0.1, 0.15) is 5.56 Å². The summed E-state index contributed by atoms with van der Waals surface area (Å²) in [4.78, 5) is 13.4. The molecule has 4 aromatic heterocycles. The topological polar surface area (TPSA) is 43.1 Å². The molecule has 0 spiro atoms. The fourth-order valence-corrected chi connectivity index (χ4v) is 2.62. The highest BCUT2D eigenvalue weighted by atomic mass is 15.0. The second kappa shape index (κ2) is 5.07. The minimum Gasteiger partial charge on any atom is -0.299 e. The zero-order valence-electron chi connectivity index (χ0n) is 12.1. The third kappa shape index (κ3) is 2.05. The van der Waals surface area contributed by atoms with Crippen LogP contribution >= 0.6 is 0 Å². The third-order valence-corrected chi connectivity index (χ3v) is 3.63. The Hall–Kier alpha value is -3.01. The summed E-state index contributed by atoms with van der Waals surface area (Å²) in [6.45, 7) is 2.08. The summed E-state index contributed by atoms with van der Waals surface area (Å²) in [5, 5.41) is 0. The summed E-state index contributed by atoms with van der Waals surface area (Å²) in [7, 11) is 0. The molecule has 0 bridgehead atoms. The quantitative estimate of drug-likeness (QED) is 0.563. The van der Waals surface area contributed by atoms with Crippen molar-refractivity contribution < 1.29 is 0 Å². The van der Waals surface area contributed by atoms with E-state index >= 15 is 0 Å². The van der Waals surface area contributed by atoms with Crippen molar-refractivity contribution in [2.24, 2.45) is 0 Å². The fourth-order valence-electron chi connectivity index (χ4n) is 2.62. The maximum absolute atomic E-state index is 4.78. The highest BCUT2D eigenvalue weighted by Crippen LogP contribution is 2.31. The van der Waals surface area contributed by atoms with Gasteiger partial charge in [-0.1, -0.05) is 12.1 Å². The van der Waals surface area contributed by atoms with Crippen LogP contribution in [-0.2, 0) is 0 Å². The first-order chi connectivity index (χ1) is 10.8. The highest BCUT2D eigenvalue weighted by molar-refractivity contribution is 5.80. The Bertz CT molecular complexity index is 927. The van der Waals surface area contributed by atoms with Gasteiger partial charge in [-0.3, -0.25) is 14.4 Å². The molecule has 0 atom stereocenters. The monoisotopic (exact) mass is 286 g/mol. The van der Waals surface area contributed by atoms with Gasteiger partial charge in [0.2, 0.25) is 0 Å². The summed E-state index contributed by atoms with van der Waals surface area (Å²) in [6, 6.07) is 14.0. The van der Waals surface area contributed by atoms with Gasteiger partial charge in [0.1, 0.15) is 11.3 Å². The Morgan fingerprint density at radius 1 is 0.909 bits per heavy atom. The van der Waals surface area contributed by atoms with Crippen molar-refractivity contribution in [3.63, 3.8) is 0 Å². The fraction of sp³-hybridized carbons (Fsp3) is 0.0556. The standard InChI is InChI=1S/C18H14N4/c1-13-5-6-16-21-17(15-4-2-3-9-20-15)18(22(16)12-13)14-7-10-19-11-8-14/h2-12H,1H3. The second-order valence-corrected chi connectivity index (χ2v) is 5.19. The van der Waals surface area contributed by atoms with Gasteiger partial charge in [-0.25, -0.2) is 4.98 Å². The molecule has 0 unspecified atom stereocenters. The Morgan fingerprint density at radius 3 is 2.55 bits per heavy atom. The summed E-state index contributed by atoms with van der Waals surface area (Å²) in [5.74, 6) is 0. The van der Waals surface area contributed by atoms with Crippen LogP contribution in [0.25, 0.3) is 28.3 Å². The largest absolute Gasteiger partial charge is 0.299 e. The molecular formula is C18H14N4. The van der Waals surface area contributed by atoms with Gasteiger partial charge >= 0.3 is 0 Å². The summed E-state index contributed by atoms with van der Waals surface area (Å²) < 4.78 is 2.12. The van der Waals surface area contributed by atoms with Crippen LogP contribution in [0, 0.1) is 6.92 Å². The molecule has 0 saturated carbocycles. The lowest BCUT2D eigenvalue weighted by atomic mass is 10.1. The number of hydrogen-bond donors (Lipinski definition) is 0. The zero-order chi connectivity index (χ0) is 14.9. The lowest BCUT2D eigenvalue weighted by Crippen LogP contribution is -1.91. The molecule has 4 heterocycles. The van der Waals surface area contributed by atoms with E-state index in [1.54, 1.807) is 18.6 Å². The maximum atomic E-state index is 4.78. The second-order valence-electron chi connectivity index (χ2n) is 5.19. The van der Waals surface area contributed by atoms with Crippen LogP contribution in [0.4, 0.5) is 0 Å². The number of aromatic nitrogens is 4. The van der Waals surface area contributed by atoms with Crippen LogP contribution in [0.5, 0.6) is 0 Å². The van der Waals surface area contributed by atoms with E-state index in [4.69, 9.17) is 4.98 Å². The van der Waals surface area contributed by atoms with Gasteiger partial charge in [-0.15, -0.1) is 0 Å². The van der Waals surface area contributed by atoms with Gasteiger partial charge < -0.3 is 0 Å². The van der Waals surface area contributed by atoms with Crippen LogP contribution in [-0.4, -0.2) is 19.4 Å². The Balaban J connectivity index is 2.08. The van der Waals surface area contributed by atoms with E-state index in [-0.39, 0.29) is 0 Å². The Morgan fingerprint density at radius 2 is 1.77 bits per heavy atom. The molecule has 4 nitrogen and oxygen atoms in total. The van der Waals surface area contributed by atoms with Gasteiger partial charge in [0.05, 0.1) is 11.4 Å². The van der Waals surface area contributed by atoms with Crippen LogP contribution < -0.4 is 0 Å². The van der Waals surface area contributed by atoms with E-state index in [0.717, 1.165) is 28.3 Å². The van der Waals surface area contributed by atoms with E-state index in [0.29, 0.717) is 0 Å². The normalized spacial score (nSPS) is 11.0. The van der Waals surface area contributed by atoms with Crippen LogP contribution in [0.15, 0.2) is 67.3 Å². The van der Waals surface area contributed by atoms with E-state index < -0.39 is 0 Å². The smallest absolute Gasteiger partial charge is 0.138 e. The molecule has 0 fully saturated rings. The van der Waals surface area contributed by atoms with E-state index in [1.807, 2.05) is 36.4 Å². The van der Waals surface area contributed by atoms with Gasteiger partial charge in [0.25, 0.3) is 0 Å². The first-order valence-corrected chi connectivity index (χ1v) is 7.13. The molecule has 106 valence electrons. The van der Waals surface area contributed by atoms with Gasteiger partial charge in [0, 0.05) is 30.4 Å². The molecule has 0 N–H and O–H groups in total. The van der Waals surface area contributed by atoms with Crippen molar-refractivity contribution in [2.75, 3.05) is 0 Å². The molecule has 0 aromatic carbocycles. The van der Waals surface area contributed by atoms with E-state index in [2.05, 4.69) is 33.6 Å². The average molecular weight is 286 g/mol. The first kappa shape index (κ1) is 12.7. The SMILES string of the molecule is Cc1ccc2nc(-c3ccccn3)c(-c3ccncc3)n2c1. The Kier molecular flexibility index (Phi) is 2.93. The van der Waals surface area contributed by atoms with E-state index in [1.165, 1.54) is 5.56 Å². The molecule has 4 heteroatoms. The maximum Gasteiger partial charge on any atom is 0.138 e. The number of fused-ring (bicyclic) bond motifs is 1. The van der Waals surface area contributed by atoms with Crippen LogP contribution in [0.2, 0.25) is 0 Å². The van der Waals surface area contributed by atoms with Crippen molar-refractivity contribution in [3.05, 3.63) is 72.8 Å². The van der Waals surface area contributed by atoms with Crippen molar-refractivity contribution in [1.82, 2.24) is 19.4 Å². The average Bonchev–Trinajstić information content (AvgIpc) is 2.95. The van der Waals surface area contributed by atoms with Crippen LogP contribution in [0.3, 0.4) is 0 Å². The number of imidazole rings is 1. The lowest BCUT2D eigenvalue weighted by Gasteiger charge is -2.05. The minimum absolute atomic E-state index is 0.871. The number of pyridine rings is 3. The molecule has 0 aliphatic carbocycles. The molecule has 0 amide bonds.